The van der Waals surface area contributed by atoms with Crippen molar-refractivity contribution >= 4 is 0 Å². The molecule has 0 aromatic heterocycles. The molecule has 18 heavy (non-hydrogen) atoms. The number of hydrogen-bond acceptors (Lipinski definition) is 2. The minimum atomic E-state index is 0.299. The monoisotopic (exact) mass is 250 g/mol. The van der Waals surface area contributed by atoms with Crippen molar-refractivity contribution in [2.45, 2.75) is 65.6 Å². The van der Waals surface area contributed by atoms with Gasteiger partial charge in [0.25, 0.3) is 0 Å². The molecule has 1 aromatic carbocycles. The van der Waals surface area contributed by atoms with E-state index in [4.69, 9.17) is 9.47 Å². The maximum atomic E-state index is 5.92. The van der Waals surface area contributed by atoms with E-state index in [0.717, 1.165) is 37.2 Å². The fourth-order valence-electron chi connectivity index (χ4n) is 1.92. The topological polar surface area (TPSA) is 18.5 Å². The van der Waals surface area contributed by atoms with Crippen LogP contribution in [0.3, 0.4) is 0 Å². The Bertz CT molecular complexity index is 298. The Morgan fingerprint density at radius 3 is 1.50 bits per heavy atom. The molecule has 0 saturated heterocycles. The lowest BCUT2D eigenvalue weighted by Crippen LogP contribution is -2.15. The fraction of sp³-hybridized carbons (Fsp3) is 0.625. The van der Waals surface area contributed by atoms with Crippen LogP contribution in [-0.2, 0) is 0 Å². The quantitative estimate of drug-likeness (QED) is 0.658. The summed E-state index contributed by atoms with van der Waals surface area (Å²) in [7, 11) is 0. The second kappa shape index (κ2) is 8.02. The first-order chi connectivity index (χ1) is 8.73. The van der Waals surface area contributed by atoms with Crippen LogP contribution in [0.25, 0.3) is 0 Å². The summed E-state index contributed by atoms with van der Waals surface area (Å²) in [6.07, 6.45) is 4.74. The first-order valence-electron chi connectivity index (χ1n) is 7.16. The first-order valence-corrected chi connectivity index (χ1v) is 7.16. The van der Waals surface area contributed by atoms with Crippen LogP contribution in [-0.4, -0.2) is 12.2 Å². The lowest BCUT2D eigenvalue weighted by molar-refractivity contribution is 0.181. The molecule has 102 valence electrons. The molecule has 0 N–H and O–H groups in total. The van der Waals surface area contributed by atoms with Crippen molar-refractivity contribution in [2.24, 2.45) is 0 Å². The highest BCUT2D eigenvalue weighted by Crippen LogP contribution is 2.23. The summed E-state index contributed by atoms with van der Waals surface area (Å²) in [5.41, 5.74) is 0. The lowest BCUT2D eigenvalue weighted by Gasteiger charge is -2.18. The van der Waals surface area contributed by atoms with Gasteiger partial charge in [0.1, 0.15) is 11.5 Å². The van der Waals surface area contributed by atoms with Crippen molar-refractivity contribution in [3.63, 3.8) is 0 Å². The maximum Gasteiger partial charge on any atom is 0.123 e. The van der Waals surface area contributed by atoms with Gasteiger partial charge in [0.2, 0.25) is 0 Å². The summed E-state index contributed by atoms with van der Waals surface area (Å²) >= 11 is 0. The van der Waals surface area contributed by atoms with Gasteiger partial charge >= 0.3 is 0 Å². The number of benzene rings is 1. The highest BCUT2D eigenvalue weighted by atomic mass is 16.5. The normalized spacial score (nSPS) is 11.0. The van der Waals surface area contributed by atoms with Gasteiger partial charge in [-0.15, -0.1) is 0 Å². The zero-order chi connectivity index (χ0) is 13.4. The van der Waals surface area contributed by atoms with E-state index in [1.54, 1.807) is 0 Å². The molecule has 1 rings (SSSR count). The smallest absolute Gasteiger partial charge is 0.123 e. The minimum Gasteiger partial charge on any atom is -0.490 e. The van der Waals surface area contributed by atoms with Crippen molar-refractivity contribution in [1.29, 1.82) is 0 Å². The van der Waals surface area contributed by atoms with E-state index in [1.807, 2.05) is 24.3 Å². The third-order valence-electron chi connectivity index (χ3n) is 3.23. The Labute approximate surface area is 111 Å². The second-order valence-corrected chi connectivity index (χ2v) is 4.59. The van der Waals surface area contributed by atoms with Crippen LogP contribution in [0.15, 0.2) is 24.3 Å². The summed E-state index contributed by atoms with van der Waals surface area (Å²) in [6.45, 7) is 8.61. The molecule has 2 nitrogen and oxygen atoms in total. The van der Waals surface area contributed by atoms with Crippen LogP contribution in [0.5, 0.6) is 11.5 Å². The van der Waals surface area contributed by atoms with Crippen LogP contribution >= 0.6 is 0 Å². The molecule has 0 unspecified atom stereocenters. The predicted molar refractivity (Wildman–Crippen MR) is 76.4 cm³/mol. The largest absolute Gasteiger partial charge is 0.490 e. The molecule has 0 heterocycles. The molecule has 0 aliphatic heterocycles. The summed E-state index contributed by atoms with van der Waals surface area (Å²) in [6, 6.07) is 7.99. The summed E-state index contributed by atoms with van der Waals surface area (Å²) < 4.78 is 11.8. The average molecular weight is 250 g/mol. The van der Waals surface area contributed by atoms with Crippen molar-refractivity contribution < 1.29 is 9.47 Å². The van der Waals surface area contributed by atoms with E-state index in [2.05, 4.69) is 27.7 Å². The van der Waals surface area contributed by atoms with E-state index < -0.39 is 0 Å². The zero-order valence-electron chi connectivity index (χ0n) is 12.1. The molecule has 0 atom stereocenters. The SMILES string of the molecule is CCC(CC)Oc1cccc(OC(CC)CC)c1. The van der Waals surface area contributed by atoms with Crippen LogP contribution in [0.1, 0.15) is 53.4 Å². The Kier molecular flexibility index (Phi) is 6.63. The van der Waals surface area contributed by atoms with Gasteiger partial charge in [-0.2, -0.15) is 0 Å². The molecule has 0 aliphatic rings. The summed E-state index contributed by atoms with van der Waals surface area (Å²) in [5.74, 6) is 1.82. The van der Waals surface area contributed by atoms with Crippen molar-refractivity contribution in [3.05, 3.63) is 24.3 Å². The molecule has 0 amide bonds. The molecule has 0 fully saturated rings. The number of ether oxygens (including phenoxy) is 2. The van der Waals surface area contributed by atoms with Gasteiger partial charge in [-0.3, -0.25) is 0 Å². The van der Waals surface area contributed by atoms with Gasteiger partial charge in [-0.25, -0.2) is 0 Å². The second-order valence-electron chi connectivity index (χ2n) is 4.59. The Morgan fingerprint density at radius 2 is 1.17 bits per heavy atom. The molecule has 0 aliphatic carbocycles. The van der Waals surface area contributed by atoms with Crippen molar-refractivity contribution in [1.82, 2.24) is 0 Å². The summed E-state index contributed by atoms with van der Waals surface area (Å²) in [5, 5.41) is 0. The molecule has 1 aromatic rings. The van der Waals surface area contributed by atoms with Crippen LogP contribution < -0.4 is 9.47 Å². The van der Waals surface area contributed by atoms with Crippen LogP contribution in [0, 0.1) is 0 Å². The van der Waals surface area contributed by atoms with Crippen LogP contribution in [0.4, 0.5) is 0 Å². The Balaban J connectivity index is 2.66. The van der Waals surface area contributed by atoms with E-state index in [-0.39, 0.29) is 0 Å². The highest BCUT2D eigenvalue weighted by Gasteiger charge is 2.08. The molecular weight excluding hydrogens is 224 g/mol. The van der Waals surface area contributed by atoms with Crippen LogP contribution in [0.2, 0.25) is 0 Å². The molecular formula is C16H26O2. The van der Waals surface area contributed by atoms with Gasteiger partial charge < -0.3 is 9.47 Å². The van der Waals surface area contributed by atoms with E-state index >= 15 is 0 Å². The minimum absolute atomic E-state index is 0.299. The summed E-state index contributed by atoms with van der Waals surface area (Å²) in [4.78, 5) is 0. The van der Waals surface area contributed by atoms with E-state index in [9.17, 15) is 0 Å². The van der Waals surface area contributed by atoms with Gasteiger partial charge in [-0.1, -0.05) is 33.8 Å². The first kappa shape index (κ1) is 14.9. The van der Waals surface area contributed by atoms with Gasteiger partial charge in [0, 0.05) is 6.07 Å². The number of hydrogen-bond donors (Lipinski definition) is 0. The maximum absolute atomic E-state index is 5.92. The van der Waals surface area contributed by atoms with Gasteiger partial charge in [-0.05, 0) is 37.8 Å². The van der Waals surface area contributed by atoms with E-state index in [0.29, 0.717) is 12.2 Å². The fourth-order valence-corrected chi connectivity index (χ4v) is 1.92. The highest BCUT2D eigenvalue weighted by molar-refractivity contribution is 5.33. The molecule has 0 saturated carbocycles. The van der Waals surface area contributed by atoms with Crippen molar-refractivity contribution in [2.75, 3.05) is 0 Å². The average Bonchev–Trinajstić information content (AvgIpc) is 2.42. The predicted octanol–water partition coefficient (Wildman–Crippen LogP) is 4.82. The standard InChI is InChI=1S/C16H26O2/c1-5-13(6-2)17-15-10-9-11-16(12-15)18-14(7-3)8-4/h9-14H,5-8H2,1-4H3. The Hall–Kier alpha value is -1.18. The van der Waals surface area contributed by atoms with Crippen molar-refractivity contribution in [3.8, 4) is 11.5 Å². The Morgan fingerprint density at radius 1 is 0.778 bits per heavy atom. The molecule has 2 heteroatoms. The van der Waals surface area contributed by atoms with Gasteiger partial charge in [0.15, 0.2) is 0 Å². The lowest BCUT2D eigenvalue weighted by atomic mass is 10.2. The van der Waals surface area contributed by atoms with E-state index in [1.165, 1.54) is 0 Å². The third kappa shape index (κ3) is 4.59. The molecule has 0 radical (unpaired) electrons. The third-order valence-corrected chi connectivity index (χ3v) is 3.23. The molecule has 0 spiro atoms. The number of rotatable bonds is 8. The molecule has 0 bridgehead atoms. The zero-order valence-corrected chi connectivity index (χ0v) is 12.1. The van der Waals surface area contributed by atoms with Gasteiger partial charge in [0.05, 0.1) is 12.2 Å².